The van der Waals surface area contributed by atoms with Gasteiger partial charge in [-0.15, -0.1) is 0 Å². The van der Waals surface area contributed by atoms with Crippen LogP contribution < -0.4 is 5.73 Å². The van der Waals surface area contributed by atoms with E-state index in [0.717, 1.165) is 24.9 Å². The number of aryl methyl sites for hydroxylation is 1. The van der Waals surface area contributed by atoms with Gasteiger partial charge in [0.2, 0.25) is 0 Å². The lowest BCUT2D eigenvalue weighted by Crippen LogP contribution is -2.38. The van der Waals surface area contributed by atoms with Gasteiger partial charge in [-0.3, -0.25) is 0 Å². The van der Waals surface area contributed by atoms with Crippen molar-refractivity contribution in [1.29, 1.82) is 0 Å². The van der Waals surface area contributed by atoms with Crippen LogP contribution >= 0.6 is 0 Å². The first kappa shape index (κ1) is 16.5. The highest BCUT2D eigenvalue weighted by Crippen LogP contribution is 2.25. The van der Waals surface area contributed by atoms with Gasteiger partial charge in [0.1, 0.15) is 0 Å². The van der Waals surface area contributed by atoms with Crippen LogP contribution in [0, 0.1) is 12.8 Å². The van der Waals surface area contributed by atoms with E-state index >= 15 is 0 Å². The summed E-state index contributed by atoms with van der Waals surface area (Å²) in [6, 6.07) is 9.67. The summed E-state index contributed by atoms with van der Waals surface area (Å²) in [7, 11) is 0. The summed E-state index contributed by atoms with van der Waals surface area (Å²) >= 11 is 0. The topological polar surface area (TPSA) is 29.3 Å². The first-order valence-electron chi connectivity index (χ1n) is 8.62. The third-order valence-electron chi connectivity index (χ3n) is 4.67. The quantitative estimate of drug-likeness (QED) is 0.811. The molecule has 2 N–H and O–H groups in total. The number of nitrogens with two attached hydrogens (primary N) is 1. The highest BCUT2D eigenvalue weighted by Gasteiger charge is 2.23. The summed E-state index contributed by atoms with van der Waals surface area (Å²) in [5.41, 5.74) is 8.97. The molecule has 0 saturated heterocycles. The maximum atomic E-state index is 6.40. The molecule has 1 aliphatic carbocycles. The molecule has 1 unspecified atom stereocenters. The Morgan fingerprint density at radius 3 is 2.33 bits per heavy atom. The van der Waals surface area contributed by atoms with Gasteiger partial charge in [-0.25, -0.2) is 0 Å². The van der Waals surface area contributed by atoms with Crippen LogP contribution in [0.2, 0.25) is 0 Å². The van der Waals surface area contributed by atoms with Crippen LogP contribution in [0.25, 0.3) is 0 Å². The van der Waals surface area contributed by atoms with E-state index in [1.165, 1.54) is 43.4 Å². The molecule has 0 heterocycles. The minimum absolute atomic E-state index is 0.168. The molecular formula is C19H32N2. The Morgan fingerprint density at radius 2 is 1.76 bits per heavy atom. The Kier molecular flexibility index (Phi) is 6.25. The van der Waals surface area contributed by atoms with E-state index in [9.17, 15) is 0 Å². The molecule has 0 bridgehead atoms. The van der Waals surface area contributed by atoms with Crippen LogP contribution in [0.1, 0.15) is 63.1 Å². The lowest BCUT2D eigenvalue weighted by Gasteiger charge is -2.31. The molecule has 0 aliphatic heterocycles. The van der Waals surface area contributed by atoms with Crippen LogP contribution in [-0.2, 0) is 0 Å². The van der Waals surface area contributed by atoms with E-state index in [2.05, 4.69) is 49.9 Å². The fourth-order valence-electron chi connectivity index (χ4n) is 3.45. The predicted molar refractivity (Wildman–Crippen MR) is 91.4 cm³/mol. The average Bonchev–Trinajstić information content (AvgIpc) is 2.97. The number of hydrogen-bond acceptors (Lipinski definition) is 2. The van der Waals surface area contributed by atoms with Crippen molar-refractivity contribution in [2.45, 2.75) is 65.0 Å². The van der Waals surface area contributed by atoms with E-state index < -0.39 is 0 Å². The molecule has 2 rings (SSSR count). The van der Waals surface area contributed by atoms with Gasteiger partial charge in [-0.1, -0.05) is 56.5 Å². The molecule has 1 aliphatic rings. The third kappa shape index (κ3) is 5.12. The zero-order chi connectivity index (χ0) is 15.2. The third-order valence-corrected chi connectivity index (χ3v) is 4.67. The molecular weight excluding hydrogens is 256 g/mol. The largest absolute Gasteiger partial charge is 0.324 e. The molecule has 21 heavy (non-hydrogen) atoms. The summed E-state index contributed by atoms with van der Waals surface area (Å²) in [6.07, 6.45) is 6.64. The molecule has 1 atom stereocenters. The molecule has 0 aromatic heterocycles. The van der Waals surface area contributed by atoms with Crippen LogP contribution in [-0.4, -0.2) is 24.0 Å². The summed E-state index contributed by atoms with van der Waals surface area (Å²) < 4.78 is 0. The number of rotatable bonds is 7. The van der Waals surface area contributed by atoms with E-state index in [-0.39, 0.29) is 6.04 Å². The van der Waals surface area contributed by atoms with Gasteiger partial charge >= 0.3 is 0 Å². The van der Waals surface area contributed by atoms with Gasteiger partial charge in [0.05, 0.1) is 0 Å². The molecule has 1 saturated carbocycles. The summed E-state index contributed by atoms with van der Waals surface area (Å²) in [6.45, 7) is 9.12. The fourth-order valence-corrected chi connectivity index (χ4v) is 3.45. The predicted octanol–water partition coefficient (Wildman–Crippen LogP) is 4.29. The zero-order valence-corrected chi connectivity index (χ0v) is 14.0. The molecule has 1 aromatic rings. The highest BCUT2D eigenvalue weighted by atomic mass is 15.2. The Morgan fingerprint density at radius 1 is 1.14 bits per heavy atom. The van der Waals surface area contributed by atoms with Crippen molar-refractivity contribution in [1.82, 2.24) is 4.90 Å². The van der Waals surface area contributed by atoms with Gasteiger partial charge in [0.25, 0.3) is 0 Å². The highest BCUT2D eigenvalue weighted by molar-refractivity contribution is 5.23. The monoisotopic (exact) mass is 288 g/mol. The minimum atomic E-state index is 0.168. The lowest BCUT2D eigenvalue weighted by molar-refractivity contribution is 0.171. The van der Waals surface area contributed by atoms with Crippen LogP contribution in [0.15, 0.2) is 24.3 Å². The Hall–Kier alpha value is -0.860. The normalized spacial score (nSPS) is 17.8. The van der Waals surface area contributed by atoms with Gasteiger partial charge in [0.15, 0.2) is 0 Å². The van der Waals surface area contributed by atoms with Crippen molar-refractivity contribution in [2.75, 3.05) is 13.1 Å². The number of nitrogens with zero attached hydrogens (tertiary/aromatic N) is 1. The smallest absolute Gasteiger partial charge is 0.0307 e. The van der Waals surface area contributed by atoms with Crippen LogP contribution in [0.5, 0.6) is 0 Å². The molecule has 0 spiro atoms. The van der Waals surface area contributed by atoms with E-state index in [1.54, 1.807) is 0 Å². The molecule has 1 aromatic carbocycles. The van der Waals surface area contributed by atoms with Crippen molar-refractivity contribution in [3.05, 3.63) is 35.4 Å². The van der Waals surface area contributed by atoms with Crippen molar-refractivity contribution in [2.24, 2.45) is 11.7 Å². The first-order valence-corrected chi connectivity index (χ1v) is 8.62. The fraction of sp³-hybridized carbons (Fsp3) is 0.684. The SMILES string of the molecule is Cc1ccc(C(N)CCN(CC(C)C)C2CCCC2)cc1. The summed E-state index contributed by atoms with van der Waals surface area (Å²) in [5, 5.41) is 0. The number of benzene rings is 1. The van der Waals surface area contributed by atoms with Gasteiger partial charge < -0.3 is 10.6 Å². The maximum Gasteiger partial charge on any atom is 0.0307 e. The van der Waals surface area contributed by atoms with Crippen LogP contribution in [0.4, 0.5) is 0 Å². The Labute approximate surface area is 130 Å². The average molecular weight is 288 g/mol. The van der Waals surface area contributed by atoms with Gasteiger partial charge in [-0.05, 0) is 37.7 Å². The van der Waals surface area contributed by atoms with Crippen molar-refractivity contribution in [3.63, 3.8) is 0 Å². The lowest BCUT2D eigenvalue weighted by atomic mass is 10.0. The Balaban J connectivity index is 1.89. The van der Waals surface area contributed by atoms with E-state index in [1.807, 2.05) is 0 Å². The number of hydrogen-bond donors (Lipinski definition) is 1. The van der Waals surface area contributed by atoms with Gasteiger partial charge in [0, 0.05) is 25.2 Å². The minimum Gasteiger partial charge on any atom is -0.324 e. The van der Waals surface area contributed by atoms with Crippen molar-refractivity contribution in [3.8, 4) is 0 Å². The second-order valence-electron chi connectivity index (χ2n) is 7.13. The maximum absolute atomic E-state index is 6.40. The van der Waals surface area contributed by atoms with E-state index in [0.29, 0.717) is 0 Å². The Bertz CT molecular complexity index is 404. The molecule has 118 valence electrons. The van der Waals surface area contributed by atoms with Crippen molar-refractivity contribution < 1.29 is 0 Å². The molecule has 0 amide bonds. The second kappa shape index (κ2) is 7.95. The molecule has 2 heteroatoms. The van der Waals surface area contributed by atoms with Gasteiger partial charge in [-0.2, -0.15) is 0 Å². The molecule has 2 nitrogen and oxygen atoms in total. The summed E-state index contributed by atoms with van der Waals surface area (Å²) in [4.78, 5) is 2.70. The van der Waals surface area contributed by atoms with Crippen molar-refractivity contribution >= 4 is 0 Å². The standard InChI is InChI=1S/C19H32N2/c1-15(2)14-21(18-6-4-5-7-18)13-12-19(20)17-10-8-16(3)9-11-17/h8-11,15,18-19H,4-7,12-14,20H2,1-3H3. The molecule has 0 radical (unpaired) electrons. The molecule has 1 fully saturated rings. The summed E-state index contributed by atoms with van der Waals surface area (Å²) in [5.74, 6) is 0.737. The van der Waals surface area contributed by atoms with Crippen LogP contribution in [0.3, 0.4) is 0 Å². The second-order valence-corrected chi connectivity index (χ2v) is 7.13. The zero-order valence-electron chi connectivity index (χ0n) is 14.0. The van der Waals surface area contributed by atoms with E-state index in [4.69, 9.17) is 5.73 Å². The first-order chi connectivity index (χ1) is 10.1.